The number of aromatic nitrogens is 2. The lowest BCUT2D eigenvalue weighted by molar-refractivity contribution is 0.0540. The lowest BCUT2D eigenvalue weighted by atomic mass is 10.00. The second-order valence-corrected chi connectivity index (χ2v) is 8.08. The summed E-state index contributed by atoms with van der Waals surface area (Å²) in [5, 5.41) is 12.2. The maximum atomic E-state index is 13.0. The number of likely N-dealkylation sites (tertiary alicyclic amines) is 1. The van der Waals surface area contributed by atoms with Crippen LogP contribution in [0.15, 0.2) is 36.4 Å². The molecule has 6 heteroatoms. The normalized spacial score (nSPS) is 28.1. The summed E-state index contributed by atoms with van der Waals surface area (Å²) in [6, 6.07) is 10.8. The largest absolute Gasteiger partial charge is 0.381 e. The van der Waals surface area contributed by atoms with Gasteiger partial charge in [0.2, 0.25) is 0 Å². The van der Waals surface area contributed by atoms with Crippen LogP contribution in [0, 0.1) is 23.6 Å². The van der Waals surface area contributed by atoms with Gasteiger partial charge in [0.1, 0.15) is 11.6 Å². The van der Waals surface area contributed by atoms with Gasteiger partial charge in [-0.2, -0.15) is 0 Å². The van der Waals surface area contributed by atoms with Crippen LogP contribution >= 0.6 is 0 Å². The first kappa shape index (κ1) is 17.1. The van der Waals surface area contributed by atoms with Gasteiger partial charge in [-0.25, -0.2) is 4.39 Å². The summed E-state index contributed by atoms with van der Waals surface area (Å²) < 4.78 is 18.5. The fraction of sp³-hybridized carbons (Fsp3) is 0.524. The highest BCUT2D eigenvalue weighted by atomic mass is 19.1. The average molecular weight is 368 g/mol. The molecule has 2 aromatic rings. The van der Waals surface area contributed by atoms with E-state index in [1.807, 2.05) is 12.1 Å². The van der Waals surface area contributed by atoms with Crippen molar-refractivity contribution in [1.29, 1.82) is 0 Å². The van der Waals surface area contributed by atoms with Crippen molar-refractivity contribution in [3.05, 3.63) is 42.2 Å². The van der Waals surface area contributed by atoms with E-state index in [-0.39, 0.29) is 5.82 Å². The SMILES string of the molecule is Fc1ccc(-c2ccc(NC3C4CN(CC5CCOCC5)CC43)nn2)cc1. The number of piperidine rings is 1. The number of hydrogen-bond acceptors (Lipinski definition) is 5. The van der Waals surface area contributed by atoms with Gasteiger partial charge in [0.05, 0.1) is 5.69 Å². The van der Waals surface area contributed by atoms with Gasteiger partial charge in [-0.15, -0.1) is 10.2 Å². The maximum Gasteiger partial charge on any atom is 0.148 e. The van der Waals surface area contributed by atoms with E-state index >= 15 is 0 Å². The monoisotopic (exact) mass is 368 g/mol. The van der Waals surface area contributed by atoms with Crippen LogP contribution in [-0.4, -0.2) is 54.0 Å². The number of rotatable bonds is 5. The standard InChI is InChI=1S/C21H25FN4O/c22-16-3-1-15(2-4-16)19-5-6-20(25-24-19)23-21-17-12-26(13-18(17)21)11-14-7-9-27-10-8-14/h1-6,14,17-18,21H,7-13H2,(H,23,25). The van der Waals surface area contributed by atoms with Gasteiger partial charge in [0.25, 0.3) is 0 Å². The van der Waals surface area contributed by atoms with Crippen LogP contribution in [-0.2, 0) is 4.74 Å². The predicted octanol–water partition coefficient (Wildman–Crippen LogP) is 3.05. The summed E-state index contributed by atoms with van der Waals surface area (Å²) in [6.07, 6.45) is 2.42. The molecule has 0 radical (unpaired) electrons. The highest BCUT2D eigenvalue weighted by Gasteiger charge is 2.55. The summed E-state index contributed by atoms with van der Waals surface area (Å²) in [5.41, 5.74) is 1.64. The van der Waals surface area contributed by atoms with Crippen LogP contribution in [0.3, 0.4) is 0 Å². The van der Waals surface area contributed by atoms with Crippen LogP contribution < -0.4 is 5.32 Å². The number of ether oxygens (including phenoxy) is 1. The Kier molecular flexibility index (Phi) is 4.53. The van der Waals surface area contributed by atoms with E-state index in [1.165, 1.54) is 44.6 Å². The van der Waals surface area contributed by atoms with Gasteiger partial charge in [0, 0.05) is 44.5 Å². The van der Waals surface area contributed by atoms with Crippen molar-refractivity contribution in [3.8, 4) is 11.3 Å². The summed E-state index contributed by atoms with van der Waals surface area (Å²) in [5.74, 6) is 2.88. The van der Waals surface area contributed by atoms with Crippen LogP contribution in [0.25, 0.3) is 11.3 Å². The van der Waals surface area contributed by atoms with Crippen LogP contribution in [0.1, 0.15) is 12.8 Å². The molecule has 3 fully saturated rings. The molecule has 0 spiro atoms. The fourth-order valence-electron chi connectivity index (χ4n) is 4.63. The van der Waals surface area contributed by atoms with E-state index in [1.54, 1.807) is 12.1 Å². The molecular weight excluding hydrogens is 343 g/mol. The molecule has 0 bridgehead atoms. The third-order valence-electron chi connectivity index (χ3n) is 6.25. The minimum absolute atomic E-state index is 0.240. The second kappa shape index (κ2) is 7.17. The van der Waals surface area contributed by atoms with E-state index in [0.717, 1.165) is 48.0 Å². The Morgan fingerprint density at radius 2 is 1.74 bits per heavy atom. The molecule has 2 atom stereocenters. The highest BCUT2D eigenvalue weighted by Crippen LogP contribution is 2.47. The molecule has 2 saturated heterocycles. The second-order valence-electron chi connectivity index (χ2n) is 8.08. The van der Waals surface area contributed by atoms with E-state index in [2.05, 4.69) is 20.4 Å². The van der Waals surface area contributed by atoms with E-state index in [4.69, 9.17) is 4.74 Å². The molecule has 3 aliphatic rings. The molecule has 2 unspecified atom stereocenters. The van der Waals surface area contributed by atoms with Gasteiger partial charge in [-0.05, 0) is 67.0 Å². The van der Waals surface area contributed by atoms with Crippen molar-refractivity contribution in [2.24, 2.45) is 17.8 Å². The Labute approximate surface area is 158 Å². The predicted molar refractivity (Wildman–Crippen MR) is 102 cm³/mol. The van der Waals surface area contributed by atoms with Gasteiger partial charge in [0.15, 0.2) is 0 Å². The van der Waals surface area contributed by atoms with Crippen molar-refractivity contribution in [1.82, 2.24) is 15.1 Å². The van der Waals surface area contributed by atoms with E-state index < -0.39 is 0 Å². The Balaban J connectivity index is 1.13. The minimum atomic E-state index is -0.240. The van der Waals surface area contributed by atoms with Gasteiger partial charge in [-0.3, -0.25) is 0 Å². The Morgan fingerprint density at radius 3 is 2.41 bits per heavy atom. The molecule has 1 saturated carbocycles. The molecule has 0 amide bonds. The third-order valence-corrected chi connectivity index (χ3v) is 6.25. The molecule has 5 nitrogen and oxygen atoms in total. The zero-order chi connectivity index (χ0) is 18.2. The number of benzene rings is 1. The van der Waals surface area contributed by atoms with Crippen LogP contribution in [0.4, 0.5) is 10.2 Å². The Bertz CT molecular complexity index is 764. The topological polar surface area (TPSA) is 50.3 Å². The average Bonchev–Trinajstić information content (AvgIpc) is 3.14. The molecule has 1 N–H and O–H groups in total. The van der Waals surface area contributed by atoms with Crippen molar-refractivity contribution in [3.63, 3.8) is 0 Å². The number of hydrogen-bond donors (Lipinski definition) is 1. The number of nitrogens with zero attached hydrogens (tertiary/aromatic N) is 3. The molecule has 27 heavy (non-hydrogen) atoms. The Hall–Kier alpha value is -2.05. The van der Waals surface area contributed by atoms with Crippen molar-refractivity contribution in [2.45, 2.75) is 18.9 Å². The lowest BCUT2D eigenvalue weighted by Crippen LogP contribution is -2.34. The van der Waals surface area contributed by atoms with E-state index in [9.17, 15) is 4.39 Å². The molecule has 1 aromatic heterocycles. The number of halogens is 1. The van der Waals surface area contributed by atoms with Crippen LogP contribution in [0.5, 0.6) is 0 Å². The number of anilines is 1. The summed E-state index contributed by atoms with van der Waals surface area (Å²) in [4.78, 5) is 2.63. The molecule has 1 aliphatic carbocycles. The highest BCUT2D eigenvalue weighted by molar-refractivity contribution is 5.59. The van der Waals surface area contributed by atoms with Gasteiger partial charge in [-0.1, -0.05) is 0 Å². The Morgan fingerprint density at radius 1 is 1.00 bits per heavy atom. The molecule has 5 rings (SSSR count). The number of nitrogens with one attached hydrogen (secondary N) is 1. The quantitative estimate of drug-likeness (QED) is 0.879. The minimum Gasteiger partial charge on any atom is -0.381 e. The smallest absolute Gasteiger partial charge is 0.148 e. The first-order chi connectivity index (χ1) is 13.3. The van der Waals surface area contributed by atoms with Gasteiger partial charge >= 0.3 is 0 Å². The molecule has 1 aromatic carbocycles. The van der Waals surface area contributed by atoms with Gasteiger partial charge < -0.3 is 15.0 Å². The summed E-state index contributed by atoms with van der Waals surface area (Å²) in [6.45, 7) is 5.49. The molecule has 3 heterocycles. The van der Waals surface area contributed by atoms with Crippen molar-refractivity contribution >= 4 is 5.82 Å². The maximum absolute atomic E-state index is 13.0. The molecular formula is C21H25FN4O. The first-order valence-corrected chi connectivity index (χ1v) is 9.92. The van der Waals surface area contributed by atoms with Crippen molar-refractivity contribution in [2.75, 3.05) is 38.2 Å². The number of fused-ring (bicyclic) bond motifs is 1. The lowest BCUT2D eigenvalue weighted by Gasteiger charge is -2.28. The zero-order valence-corrected chi connectivity index (χ0v) is 15.4. The third kappa shape index (κ3) is 3.69. The summed E-state index contributed by atoms with van der Waals surface area (Å²) in [7, 11) is 0. The zero-order valence-electron chi connectivity index (χ0n) is 15.4. The fourth-order valence-corrected chi connectivity index (χ4v) is 4.63. The molecule has 142 valence electrons. The molecule has 2 aliphatic heterocycles. The van der Waals surface area contributed by atoms with Crippen LogP contribution in [0.2, 0.25) is 0 Å². The summed E-state index contributed by atoms with van der Waals surface area (Å²) >= 11 is 0. The van der Waals surface area contributed by atoms with E-state index in [0.29, 0.717) is 6.04 Å². The van der Waals surface area contributed by atoms with Crippen molar-refractivity contribution < 1.29 is 9.13 Å². The first-order valence-electron chi connectivity index (χ1n) is 9.92.